The van der Waals surface area contributed by atoms with Gasteiger partial charge < -0.3 is 25.0 Å². The highest BCUT2D eigenvalue weighted by Gasteiger charge is 2.34. The topological polar surface area (TPSA) is 108 Å². The van der Waals surface area contributed by atoms with Crippen LogP contribution in [-0.2, 0) is 6.18 Å². The first-order valence-electron chi connectivity index (χ1n) is 13.1. The van der Waals surface area contributed by atoms with Crippen molar-refractivity contribution in [1.29, 1.82) is 5.26 Å². The maximum Gasteiger partial charge on any atom is 0.417 e. The Bertz CT molecular complexity index is 1540. The number of piperazine rings is 1. The van der Waals surface area contributed by atoms with Gasteiger partial charge in [-0.3, -0.25) is 4.98 Å². The molecule has 5 rings (SSSR count). The number of benzene rings is 2. The van der Waals surface area contributed by atoms with Gasteiger partial charge in [0.25, 0.3) is 0 Å². The first-order chi connectivity index (χ1) is 19.9. The minimum Gasteiger partial charge on any atom is -0.493 e. The summed E-state index contributed by atoms with van der Waals surface area (Å²) in [5.41, 5.74) is 0.341. The quantitative estimate of drug-likeness (QED) is 0.262. The molecule has 9 nitrogen and oxygen atoms in total. The molecule has 41 heavy (non-hydrogen) atoms. The molecule has 0 radical (unpaired) electrons. The third kappa shape index (κ3) is 6.41. The van der Waals surface area contributed by atoms with Crippen LogP contribution < -0.4 is 25.0 Å². The highest BCUT2D eigenvalue weighted by Crippen LogP contribution is 2.37. The third-order valence-corrected chi connectivity index (χ3v) is 6.91. The highest BCUT2D eigenvalue weighted by atomic mass is 19.4. The number of nitrogens with one attached hydrogen (secondary N) is 2. The number of fused-ring (bicyclic) bond motifs is 1. The van der Waals surface area contributed by atoms with Gasteiger partial charge >= 0.3 is 6.18 Å². The Hall–Kier alpha value is -4.63. The Morgan fingerprint density at radius 1 is 1.12 bits per heavy atom. The number of ether oxygens (including phenoxy) is 2. The molecular formula is C29H28F3N7O2. The van der Waals surface area contributed by atoms with Crippen LogP contribution in [0, 0.1) is 11.3 Å². The monoisotopic (exact) mass is 563 g/mol. The SMILES string of the molecule is COc1cc2c(Nc3ccc(C#N)c(C(F)(F)F)c3)ncnc2cc1OCCCC1CNCCN1c1ccncc1. The summed E-state index contributed by atoms with van der Waals surface area (Å²) in [4.78, 5) is 15.1. The van der Waals surface area contributed by atoms with E-state index in [4.69, 9.17) is 14.7 Å². The maximum absolute atomic E-state index is 13.4. The number of alkyl halides is 3. The smallest absolute Gasteiger partial charge is 0.417 e. The van der Waals surface area contributed by atoms with Crippen LogP contribution in [0.3, 0.4) is 0 Å². The van der Waals surface area contributed by atoms with Gasteiger partial charge in [0.1, 0.15) is 12.1 Å². The fourth-order valence-electron chi connectivity index (χ4n) is 4.92. The molecule has 212 valence electrons. The molecule has 4 aromatic rings. The number of hydrogen-bond donors (Lipinski definition) is 2. The molecule has 1 fully saturated rings. The number of methoxy groups -OCH3 is 1. The summed E-state index contributed by atoms with van der Waals surface area (Å²) in [5, 5.41) is 16.0. The zero-order valence-corrected chi connectivity index (χ0v) is 22.3. The number of nitriles is 1. The lowest BCUT2D eigenvalue weighted by atomic mass is 10.1. The summed E-state index contributed by atoms with van der Waals surface area (Å²) in [6.07, 6.45) is 1.99. The van der Waals surface area contributed by atoms with Crippen molar-refractivity contribution >= 4 is 28.1 Å². The van der Waals surface area contributed by atoms with Crippen LogP contribution in [0.15, 0.2) is 61.2 Å². The Labute approximate surface area is 235 Å². The fourth-order valence-corrected chi connectivity index (χ4v) is 4.92. The third-order valence-electron chi connectivity index (χ3n) is 6.91. The van der Waals surface area contributed by atoms with Crippen molar-refractivity contribution in [1.82, 2.24) is 20.3 Å². The van der Waals surface area contributed by atoms with E-state index in [1.165, 1.54) is 19.5 Å². The van der Waals surface area contributed by atoms with E-state index in [1.807, 2.05) is 12.1 Å². The van der Waals surface area contributed by atoms with Gasteiger partial charge in [0, 0.05) is 60.9 Å². The fraction of sp³-hybridized carbons (Fsp3) is 0.310. The average Bonchev–Trinajstić information content (AvgIpc) is 2.99. The molecule has 0 spiro atoms. The van der Waals surface area contributed by atoms with Crippen molar-refractivity contribution in [2.75, 3.05) is 43.6 Å². The number of aromatic nitrogens is 3. The molecule has 2 N–H and O–H groups in total. The van der Waals surface area contributed by atoms with Gasteiger partial charge in [-0.15, -0.1) is 0 Å². The van der Waals surface area contributed by atoms with E-state index in [1.54, 1.807) is 30.6 Å². The van der Waals surface area contributed by atoms with Crippen LogP contribution in [0.5, 0.6) is 11.5 Å². The molecule has 2 aromatic heterocycles. The zero-order valence-electron chi connectivity index (χ0n) is 22.3. The van der Waals surface area contributed by atoms with Crippen LogP contribution in [0.1, 0.15) is 24.0 Å². The summed E-state index contributed by atoms with van der Waals surface area (Å²) < 4.78 is 52.0. The molecule has 1 unspecified atom stereocenters. The highest BCUT2D eigenvalue weighted by molar-refractivity contribution is 5.93. The molecule has 12 heteroatoms. The summed E-state index contributed by atoms with van der Waals surface area (Å²) >= 11 is 0. The van der Waals surface area contributed by atoms with E-state index >= 15 is 0 Å². The van der Waals surface area contributed by atoms with Crippen LogP contribution in [0.25, 0.3) is 10.9 Å². The van der Waals surface area contributed by atoms with E-state index in [2.05, 4.69) is 30.5 Å². The maximum atomic E-state index is 13.4. The van der Waals surface area contributed by atoms with Gasteiger partial charge in [-0.25, -0.2) is 9.97 Å². The Morgan fingerprint density at radius 2 is 1.95 bits per heavy atom. The predicted octanol–water partition coefficient (Wildman–Crippen LogP) is 5.30. The van der Waals surface area contributed by atoms with Crippen LogP contribution in [0.4, 0.5) is 30.4 Å². The molecular weight excluding hydrogens is 535 g/mol. The van der Waals surface area contributed by atoms with Gasteiger partial charge in [-0.1, -0.05) is 0 Å². The number of anilines is 3. The van der Waals surface area contributed by atoms with Crippen molar-refractivity contribution in [3.63, 3.8) is 0 Å². The molecule has 0 saturated carbocycles. The first kappa shape index (κ1) is 27.9. The van der Waals surface area contributed by atoms with E-state index < -0.39 is 17.3 Å². The largest absolute Gasteiger partial charge is 0.493 e. The molecule has 1 aliphatic rings. The van der Waals surface area contributed by atoms with E-state index in [0.717, 1.165) is 50.3 Å². The van der Waals surface area contributed by atoms with E-state index in [9.17, 15) is 13.2 Å². The molecule has 0 aliphatic carbocycles. The minimum atomic E-state index is -4.67. The van der Waals surface area contributed by atoms with E-state index in [0.29, 0.717) is 40.9 Å². The Balaban J connectivity index is 1.29. The van der Waals surface area contributed by atoms with Crippen molar-refractivity contribution in [2.45, 2.75) is 25.1 Å². The summed E-state index contributed by atoms with van der Waals surface area (Å²) in [6, 6.07) is 12.8. The minimum absolute atomic E-state index is 0.133. The lowest BCUT2D eigenvalue weighted by molar-refractivity contribution is -0.137. The number of halogens is 3. The van der Waals surface area contributed by atoms with Gasteiger partial charge in [0.2, 0.25) is 0 Å². The normalized spacial score (nSPS) is 15.4. The van der Waals surface area contributed by atoms with Crippen molar-refractivity contribution in [2.24, 2.45) is 0 Å². The van der Waals surface area contributed by atoms with Crippen LogP contribution in [0.2, 0.25) is 0 Å². The lowest BCUT2D eigenvalue weighted by Gasteiger charge is -2.38. The number of nitrogens with zero attached hydrogens (tertiary/aromatic N) is 5. The average molecular weight is 564 g/mol. The second-order valence-corrected chi connectivity index (χ2v) is 9.48. The zero-order chi connectivity index (χ0) is 28.8. The number of hydrogen-bond acceptors (Lipinski definition) is 9. The van der Waals surface area contributed by atoms with Gasteiger partial charge in [-0.2, -0.15) is 18.4 Å². The second kappa shape index (κ2) is 12.3. The summed E-state index contributed by atoms with van der Waals surface area (Å²) in [6.45, 7) is 3.20. The van der Waals surface area contributed by atoms with Crippen LogP contribution >= 0.6 is 0 Å². The van der Waals surface area contributed by atoms with Crippen molar-refractivity contribution in [3.8, 4) is 17.6 Å². The molecule has 0 bridgehead atoms. The Kier molecular flexibility index (Phi) is 8.35. The molecule has 1 saturated heterocycles. The molecule has 2 aromatic carbocycles. The number of pyridine rings is 1. The standard InChI is InChI=1S/C29H28F3N7O2/c1-40-26-14-23-25(36-18-37-28(23)38-20-5-4-19(16-33)24(13-20)29(30,31)32)15-27(26)41-12-2-3-22-17-35-10-11-39(22)21-6-8-34-9-7-21/h4-9,13-15,18,22,35H,2-3,10-12,17H2,1H3,(H,36,37,38). The van der Waals surface area contributed by atoms with E-state index in [-0.39, 0.29) is 5.69 Å². The Morgan fingerprint density at radius 3 is 2.71 bits per heavy atom. The molecule has 1 atom stereocenters. The summed E-state index contributed by atoms with van der Waals surface area (Å²) in [5.74, 6) is 1.25. The lowest BCUT2D eigenvalue weighted by Crippen LogP contribution is -2.51. The second-order valence-electron chi connectivity index (χ2n) is 9.48. The van der Waals surface area contributed by atoms with Crippen molar-refractivity contribution < 1.29 is 22.6 Å². The van der Waals surface area contributed by atoms with Gasteiger partial charge in [-0.05, 0) is 49.2 Å². The van der Waals surface area contributed by atoms with Gasteiger partial charge in [0.15, 0.2) is 11.5 Å². The summed E-state index contributed by atoms with van der Waals surface area (Å²) in [7, 11) is 1.52. The number of rotatable bonds is 9. The predicted molar refractivity (Wildman–Crippen MR) is 149 cm³/mol. The molecule has 0 amide bonds. The molecule has 1 aliphatic heterocycles. The van der Waals surface area contributed by atoms with Gasteiger partial charge in [0.05, 0.1) is 36.4 Å². The molecule has 3 heterocycles. The first-order valence-corrected chi connectivity index (χ1v) is 13.1. The van der Waals surface area contributed by atoms with Crippen LogP contribution in [-0.4, -0.2) is 54.3 Å². The van der Waals surface area contributed by atoms with Crippen molar-refractivity contribution in [3.05, 3.63) is 72.3 Å².